The quantitative estimate of drug-likeness (QED) is 0.711. The van der Waals surface area contributed by atoms with Crippen LogP contribution in [0, 0.1) is 12.8 Å². The maximum absolute atomic E-state index is 11.0. The normalized spacial score (nSPS) is 12.2. The summed E-state index contributed by atoms with van der Waals surface area (Å²) in [5.74, 6) is -0.842. The second-order valence-electron chi connectivity index (χ2n) is 4.02. The molecule has 4 heteroatoms. The van der Waals surface area contributed by atoms with Crippen LogP contribution in [0.5, 0.6) is 0 Å². The number of aromatic carboxylic acids is 1. The second kappa shape index (κ2) is 5.51. The molecule has 0 spiro atoms. The third kappa shape index (κ3) is 3.24. The van der Waals surface area contributed by atoms with Gasteiger partial charge in [-0.2, -0.15) is 0 Å². The van der Waals surface area contributed by atoms with Crippen molar-refractivity contribution in [3.8, 4) is 0 Å². The van der Waals surface area contributed by atoms with E-state index in [1.165, 1.54) is 0 Å². The first-order valence-corrected chi connectivity index (χ1v) is 5.23. The molecule has 0 aliphatic heterocycles. The van der Waals surface area contributed by atoms with E-state index >= 15 is 0 Å². The first-order chi connectivity index (χ1) is 7.54. The van der Waals surface area contributed by atoms with E-state index in [0.717, 1.165) is 5.56 Å². The Kier molecular flexibility index (Phi) is 4.31. The molecule has 1 atom stereocenters. The molecule has 0 saturated heterocycles. The van der Waals surface area contributed by atoms with Gasteiger partial charge in [-0.25, -0.2) is 4.79 Å². The number of hydrogen-bond donors (Lipinski definition) is 3. The van der Waals surface area contributed by atoms with Crippen molar-refractivity contribution in [2.75, 3.05) is 18.5 Å². The fraction of sp³-hybridized carbons (Fsp3) is 0.417. The number of carboxylic acid groups (broad SMARTS) is 1. The van der Waals surface area contributed by atoms with Crippen molar-refractivity contribution < 1.29 is 15.0 Å². The van der Waals surface area contributed by atoms with Crippen LogP contribution in [-0.2, 0) is 0 Å². The van der Waals surface area contributed by atoms with Crippen LogP contribution in [0.2, 0.25) is 0 Å². The summed E-state index contributed by atoms with van der Waals surface area (Å²) in [7, 11) is 0. The van der Waals surface area contributed by atoms with Gasteiger partial charge in [0.2, 0.25) is 0 Å². The minimum absolute atomic E-state index is 0.0846. The number of anilines is 1. The van der Waals surface area contributed by atoms with Crippen molar-refractivity contribution in [1.82, 2.24) is 0 Å². The van der Waals surface area contributed by atoms with E-state index in [-0.39, 0.29) is 18.1 Å². The summed E-state index contributed by atoms with van der Waals surface area (Å²) in [6, 6.07) is 5.25. The number of hydrogen-bond acceptors (Lipinski definition) is 3. The maximum atomic E-state index is 11.0. The van der Waals surface area contributed by atoms with Crippen LogP contribution in [0.25, 0.3) is 0 Å². The van der Waals surface area contributed by atoms with Gasteiger partial charge < -0.3 is 15.5 Å². The predicted molar refractivity (Wildman–Crippen MR) is 62.9 cm³/mol. The Morgan fingerprint density at radius 1 is 1.50 bits per heavy atom. The molecule has 0 heterocycles. The summed E-state index contributed by atoms with van der Waals surface area (Å²) < 4.78 is 0. The highest BCUT2D eigenvalue weighted by molar-refractivity contribution is 5.94. The van der Waals surface area contributed by atoms with E-state index in [1.54, 1.807) is 12.1 Å². The van der Waals surface area contributed by atoms with Crippen molar-refractivity contribution in [2.24, 2.45) is 5.92 Å². The van der Waals surface area contributed by atoms with Gasteiger partial charge in [0.25, 0.3) is 0 Å². The lowest BCUT2D eigenvalue weighted by atomic mass is 10.1. The Hall–Kier alpha value is -1.55. The fourth-order valence-corrected chi connectivity index (χ4v) is 1.34. The van der Waals surface area contributed by atoms with Gasteiger partial charge in [0.15, 0.2) is 0 Å². The lowest BCUT2D eigenvalue weighted by Gasteiger charge is -2.13. The zero-order chi connectivity index (χ0) is 12.1. The van der Waals surface area contributed by atoms with Gasteiger partial charge in [-0.15, -0.1) is 0 Å². The Balaban J connectivity index is 2.82. The monoisotopic (exact) mass is 223 g/mol. The Morgan fingerprint density at radius 2 is 2.19 bits per heavy atom. The van der Waals surface area contributed by atoms with E-state index in [9.17, 15) is 4.79 Å². The summed E-state index contributed by atoms with van der Waals surface area (Å²) in [6.45, 7) is 4.38. The summed E-state index contributed by atoms with van der Waals surface area (Å²) in [5.41, 5.74) is 1.78. The number of rotatable bonds is 5. The number of aryl methyl sites for hydroxylation is 1. The van der Waals surface area contributed by atoms with Crippen LogP contribution in [0.3, 0.4) is 0 Å². The Labute approximate surface area is 94.9 Å². The maximum Gasteiger partial charge on any atom is 0.337 e. The molecule has 1 aromatic carbocycles. The van der Waals surface area contributed by atoms with E-state index in [2.05, 4.69) is 5.32 Å². The van der Waals surface area contributed by atoms with Gasteiger partial charge >= 0.3 is 5.97 Å². The first-order valence-electron chi connectivity index (χ1n) is 5.23. The molecule has 0 aliphatic carbocycles. The molecule has 0 aromatic heterocycles. The van der Waals surface area contributed by atoms with Crippen molar-refractivity contribution in [3.05, 3.63) is 29.3 Å². The Morgan fingerprint density at radius 3 is 2.75 bits per heavy atom. The van der Waals surface area contributed by atoms with E-state index < -0.39 is 5.97 Å². The number of benzene rings is 1. The molecule has 88 valence electrons. The third-order valence-electron chi connectivity index (χ3n) is 2.36. The van der Waals surface area contributed by atoms with E-state index in [1.807, 2.05) is 19.9 Å². The van der Waals surface area contributed by atoms with Crippen molar-refractivity contribution in [2.45, 2.75) is 13.8 Å². The highest BCUT2D eigenvalue weighted by atomic mass is 16.4. The van der Waals surface area contributed by atoms with Gasteiger partial charge in [-0.3, -0.25) is 0 Å². The largest absolute Gasteiger partial charge is 0.478 e. The molecule has 0 radical (unpaired) electrons. The minimum Gasteiger partial charge on any atom is -0.478 e. The molecule has 0 fully saturated rings. The SMILES string of the molecule is Cc1ccc(NCC(C)CO)c(C(=O)O)c1. The summed E-state index contributed by atoms with van der Waals surface area (Å²) >= 11 is 0. The molecule has 0 bridgehead atoms. The number of nitrogens with one attached hydrogen (secondary N) is 1. The lowest BCUT2D eigenvalue weighted by molar-refractivity contribution is 0.0698. The van der Waals surface area contributed by atoms with Gasteiger partial charge in [0.05, 0.1) is 5.56 Å². The molecule has 0 aliphatic rings. The molecule has 16 heavy (non-hydrogen) atoms. The first kappa shape index (κ1) is 12.5. The summed E-state index contributed by atoms with van der Waals surface area (Å²) in [6.07, 6.45) is 0. The van der Waals surface area contributed by atoms with Crippen molar-refractivity contribution >= 4 is 11.7 Å². The minimum atomic E-state index is -0.942. The van der Waals surface area contributed by atoms with Gasteiger partial charge in [0.1, 0.15) is 0 Å². The van der Waals surface area contributed by atoms with Crippen LogP contribution >= 0.6 is 0 Å². The van der Waals surface area contributed by atoms with Crippen LogP contribution in [0.15, 0.2) is 18.2 Å². The number of carbonyl (C=O) groups is 1. The van der Waals surface area contributed by atoms with Crippen LogP contribution in [0.4, 0.5) is 5.69 Å². The highest BCUT2D eigenvalue weighted by Crippen LogP contribution is 2.17. The van der Waals surface area contributed by atoms with Crippen molar-refractivity contribution in [3.63, 3.8) is 0 Å². The topological polar surface area (TPSA) is 69.6 Å². The molecular weight excluding hydrogens is 206 g/mol. The average Bonchev–Trinajstić information content (AvgIpc) is 2.26. The number of carboxylic acids is 1. The van der Waals surface area contributed by atoms with Gasteiger partial charge in [-0.1, -0.05) is 18.6 Å². The zero-order valence-corrected chi connectivity index (χ0v) is 9.53. The van der Waals surface area contributed by atoms with Crippen LogP contribution in [0.1, 0.15) is 22.8 Å². The number of aliphatic hydroxyl groups excluding tert-OH is 1. The lowest BCUT2D eigenvalue weighted by Crippen LogP contribution is -2.16. The fourth-order valence-electron chi connectivity index (χ4n) is 1.34. The third-order valence-corrected chi connectivity index (χ3v) is 2.36. The van der Waals surface area contributed by atoms with Crippen molar-refractivity contribution in [1.29, 1.82) is 0 Å². The zero-order valence-electron chi connectivity index (χ0n) is 9.53. The van der Waals surface area contributed by atoms with Gasteiger partial charge in [0, 0.05) is 18.8 Å². The smallest absolute Gasteiger partial charge is 0.337 e. The summed E-state index contributed by atoms with van der Waals surface area (Å²) in [5, 5.41) is 20.9. The molecule has 1 rings (SSSR count). The average molecular weight is 223 g/mol. The molecule has 0 amide bonds. The molecule has 1 aromatic rings. The van der Waals surface area contributed by atoms with Crippen LogP contribution < -0.4 is 5.32 Å². The van der Waals surface area contributed by atoms with E-state index in [4.69, 9.17) is 10.2 Å². The summed E-state index contributed by atoms with van der Waals surface area (Å²) in [4.78, 5) is 11.0. The molecule has 4 nitrogen and oxygen atoms in total. The standard InChI is InChI=1S/C12H17NO3/c1-8-3-4-11(10(5-8)12(15)16)13-6-9(2)7-14/h3-5,9,13-14H,6-7H2,1-2H3,(H,15,16). The highest BCUT2D eigenvalue weighted by Gasteiger charge is 2.10. The molecular formula is C12H17NO3. The molecule has 0 saturated carbocycles. The molecule has 3 N–H and O–H groups in total. The second-order valence-corrected chi connectivity index (χ2v) is 4.02. The number of aliphatic hydroxyl groups is 1. The molecule has 1 unspecified atom stereocenters. The van der Waals surface area contributed by atoms with E-state index in [0.29, 0.717) is 12.2 Å². The van der Waals surface area contributed by atoms with Gasteiger partial charge in [-0.05, 0) is 25.0 Å². The Bertz CT molecular complexity index is 377. The van der Waals surface area contributed by atoms with Crippen LogP contribution in [-0.4, -0.2) is 29.3 Å². The predicted octanol–water partition coefficient (Wildman–Crippen LogP) is 1.73.